The Bertz CT molecular complexity index is 1400. The van der Waals surface area contributed by atoms with Crippen LogP contribution in [0.4, 0.5) is 10.1 Å². The van der Waals surface area contributed by atoms with Gasteiger partial charge in [0.15, 0.2) is 0 Å². The third-order valence-electron chi connectivity index (χ3n) is 6.59. The topological polar surface area (TPSA) is 96.0 Å². The van der Waals surface area contributed by atoms with Crippen LogP contribution in [0.1, 0.15) is 31.4 Å². The van der Waals surface area contributed by atoms with Crippen LogP contribution in [0.25, 0.3) is 0 Å². The summed E-state index contributed by atoms with van der Waals surface area (Å²) in [7, 11) is -2.47. The van der Waals surface area contributed by atoms with Crippen molar-refractivity contribution in [1.29, 1.82) is 0 Å². The van der Waals surface area contributed by atoms with Crippen molar-refractivity contribution in [3.63, 3.8) is 0 Å². The number of amides is 2. The van der Waals surface area contributed by atoms with Crippen molar-refractivity contribution in [3.05, 3.63) is 95.8 Å². The number of hydrogen-bond acceptors (Lipinski definition) is 5. The Morgan fingerprint density at radius 3 is 2.30 bits per heavy atom. The molecule has 214 valence electrons. The van der Waals surface area contributed by atoms with Crippen LogP contribution in [-0.2, 0) is 32.6 Å². The lowest BCUT2D eigenvalue weighted by Crippen LogP contribution is -2.54. The van der Waals surface area contributed by atoms with Crippen LogP contribution in [-0.4, -0.2) is 57.1 Å². The minimum Gasteiger partial charge on any atom is -0.497 e. The van der Waals surface area contributed by atoms with Crippen LogP contribution in [0.15, 0.2) is 78.9 Å². The standard InChI is InChI=1S/C30H36FN3O5S/c1-5-22(2)32-30(36)28(18-23-12-7-6-8-13-23)33(20-24-14-9-10-17-27(24)31)29(35)21-34(40(4,37)38)25-15-11-16-26(19-25)39-3/h6-17,19,22,28H,5,18,20-21H2,1-4H3,(H,32,36)/t22-,28-/m0/s1. The zero-order valence-electron chi connectivity index (χ0n) is 23.2. The van der Waals surface area contributed by atoms with Gasteiger partial charge in [0.2, 0.25) is 21.8 Å². The van der Waals surface area contributed by atoms with Gasteiger partial charge in [-0.2, -0.15) is 0 Å². The van der Waals surface area contributed by atoms with Crippen molar-refractivity contribution in [2.75, 3.05) is 24.2 Å². The van der Waals surface area contributed by atoms with Crippen molar-refractivity contribution < 1.29 is 27.1 Å². The molecule has 0 aliphatic rings. The van der Waals surface area contributed by atoms with E-state index >= 15 is 0 Å². The van der Waals surface area contributed by atoms with Crippen LogP contribution in [0, 0.1) is 5.82 Å². The quantitative estimate of drug-likeness (QED) is 0.334. The second kappa shape index (κ2) is 13.9. The molecule has 0 saturated heterocycles. The maximum atomic E-state index is 14.8. The number of nitrogens with one attached hydrogen (secondary N) is 1. The Kier molecular flexibility index (Phi) is 10.7. The highest BCUT2D eigenvalue weighted by atomic mass is 32.2. The summed E-state index contributed by atoms with van der Waals surface area (Å²) < 4.78 is 46.7. The average Bonchev–Trinajstić information content (AvgIpc) is 2.94. The molecule has 0 spiro atoms. The molecule has 0 aliphatic heterocycles. The lowest BCUT2D eigenvalue weighted by atomic mass is 10.0. The molecular formula is C30H36FN3O5S. The van der Waals surface area contributed by atoms with Gasteiger partial charge in [-0.15, -0.1) is 0 Å². The van der Waals surface area contributed by atoms with Gasteiger partial charge in [0.25, 0.3) is 0 Å². The van der Waals surface area contributed by atoms with Crippen molar-refractivity contribution in [2.24, 2.45) is 0 Å². The van der Waals surface area contributed by atoms with Gasteiger partial charge < -0.3 is 15.0 Å². The normalized spacial score (nSPS) is 12.7. The van der Waals surface area contributed by atoms with Crippen molar-refractivity contribution in [1.82, 2.24) is 10.2 Å². The van der Waals surface area contributed by atoms with Crippen LogP contribution < -0.4 is 14.4 Å². The van der Waals surface area contributed by atoms with Crippen LogP contribution in [0.3, 0.4) is 0 Å². The number of ether oxygens (including phenoxy) is 1. The third kappa shape index (κ3) is 8.29. The molecule has 0 fully saturated rings. The van der Waals surface area contributed by atoms with Gasteiger partial charge in [0.05, 0.1) is 19.1 Å². The summed E-state index contributed by atoms with van der Waals surface area (Å²) >= 11 is 0. The van der Waals surface area contributed by atoms with E-state index in [9.17, 15) is 22.4 Å². The first kappa shape index (κ1) is 30.6. The summed E-state index contributed by atoms with van der Waals surface area (Å²) in [5, 5.41) is 2.94. The maximum absolute atomic E-state index is 14.8. The van der Waals surface area contributed by atoms with Crippen LogP contribution >= 0.6 is 0 Å². The molecule has 0 radical (unpaired) electrons. The molecule has 0 saturated carbocycles. The highest BCUT2D eigenvalue weighted by molar-refractivity contribution is 7.92. The summed E-state index contributed by atoms with van der Waals surface area (Å²) in [6, 6.07) is 20.3. The maximum Gasteiger partial charge on any atom is 0.244 e. The second-order valence-electron chi connectivity index (χ2n) is 9.61. The molecule has 2 atom stereocenters. The number of sulfonamides is 1. The fourth-order valence-electron chi connectivity index (χ4n) is 4.18. The molecule has 3 aromatic carbocycles. The largest absolute Gasteiger partial charge is 0.497 e. The summed E-state index contributed by atoms with van der Waals surface area (Å²) in [6.45, 7) is 2.96. The first-order chi connectivity index (χ1) is 19.0. The van der Waals surface area contributed by atoms with E-state index in [1.807, 2.05) is 44.2 Å². The highest BCUT2D eigenvalue weighted by Crippen LogP contribution is 2.24. The van der Waals surface area contributed by atoms with Crippen LogP contribution in [0.5, 0.6) is 5.75 Å². The first-order valence-electron chi connectivity index (χ1n) is 13.0. The fourth-order valence-corrected chi connectivity index (χ4v) is 5.03. The van der Waals surface area contributed by atoms with Crippen LogP contribution in [0.2, 0.25) is 0 Å². The van der Waals surface area contributed by atoms with Gasteiger partial charge in [-0.25, -0.2) is 12.8 Å². The molecule has 40 heavy (non-hydrogen) atoms. The number of halogens is 1. The third-order valence-corrected chi connectivity index (χ3v) is 7.73. The zero-order chi connectivity index (χ0) is 29.3. The van der Waals surface area contributed by atoms with Crippen molar-refractivity contribution in [2.45, 2.75) is 45.3 Å². The lowest BCUT2D eigenvalue weighted by molar-refractivity contribution is -0.140. The molecule has 0 unspecified atom stereocenters. The van der Waals surface area contributed by atoms with E-state index in [1.54, 1.807) is 24.3 Å². The zero-order valence-corrected chi connectivity index (χ0v) is 24.0. The Labute approximate surface area is 235 Å². The number of nitrogens with zero attached hydrogens (tertiary/aromatic N) is 2. The van der Waals surface area contributed by atoms with Gasteiger partial charge in [0, 0.05) is 30.6 Å². The molecule has 2 amide bonds. The Hall–Kier alpha value is -3.92. The number of carbonyl (C=O) groups excluding carboxylic acids is 2. The van der Waals surface area contributed by atoms with Crippen molar-refractivity contribution in [3.8, 4) is 5.75 Å². The molecule has 3 rings (SSSR count). The summed E-state index contributed by atoms with van der Waals surface area (Å²) in [6.07, 6.45) is 1.82. The van der Waals surface area contributed by atoms with Gasteiger partial charge >= 0.3 is 0 Å². The van der Waals surface area contributed by atoms with Gasteiger partial charge in [-0.05, 0) is 37.1 Å². The molecule has 8 nitrogen and oxygen atoms in total. The Morgan fingerprint density at radius 1 is 1.00 bits per heavy atom. The molecule has 1 N–H and O–H groups in total. The minimum absolute atomic E-state index is 0.154. The number of rotatable bonds is 13. The lowest BCUT2D eigenvalue weighted by Gasteiger charge is -2.34. The number of carbonyl (C=O) groups is 2. The van der Waals surface area contributed by atoms with E-state index in [0.717, 1.165) is 16.1 Å². The molecule has 0 heterocycles. The smallest absolute Gasteiger partial charge is 0.244 e. The summed E-state index contributed by atoms with van der Waals surface area (Å²) in [4.78, 5) is 28.9. The van der Waals surface area contributed by atoms with Gasteiger partial charge in [0.1, 0.15) is 24.2 Å². The highest BCUT2D eigenvalue weighted by Gasteiger charge is 2.34. The monoisotopic (exact) mass is 569 g/mol. The molecule has 3 aromatic rings. The number of hydrogen-bond donors (Lipinski definition) is 1. The predicted molar refractivity (Wildman–Crippen MR) is 154 cm³/mol. The second-order valence-corrected chi connectivity index (χ2v) is 11.5. The molecule has 0 aliphatic carbocycles. The number of anilines is 1. The van der Waals surface area contributed by atoms with Gasteiger partial charge in [-0.3, -0.25) is 13.9 Å². The SMILES string of the molecule is CC[C@H](C)NC(=O)[C@H](Cc1ccccc1)N(Cc1ccccc1F)C(=O)CN(c1cccc(OC)c1)S(C)(=O)=O. The van der Waals surface area contributed by atoms with Gasteiger partial charge in [-0.1, -0.05) is 61.5 Å². The predicted octanol–water partition coefficient (Wildman–Crippen LogP) is 4.16. The Balaban J connectivity index is 2.07. The minimum atomic E-state index is -3.92. The number of benzene rings is 3. The van der Waals surface area contributed by atoms with E-state index < -0.39 is 40.2 Å². The average molecular weight is 570 g/mol. The van der Waals surface area contributed by atoms with E-state index in [4.69, 9.17) is 4.74 Å². The fraction of sp³-hybridized carbons (Fsp3) is 0.333. The van der Waals surface area contributed by atoms with E-state index in [1.165, 1.54) is 36.3 Å². The number of methoxy groups -OCH3 is 1. The molecule has 10 heteroatoms. The first-order valence-corrected chi connectivity index (χ1v) is 14.9. The van der Waals surface area contributed by atoms with E-state index in [0.29, 0.717) is 12.2 Å². The van der Waals surface area contributed by atoms with E-state index in [-0.39, 0.29) is 30.3 Å². The molecular weight excluding hydrogens is 533 g/mol. The molecule has 0 bridgehead atoms. The summed E-state index contributed by atoms with van der Waals surface area (Å²) in [5.41, 5.74) is 1.23. The van der Waals surface area contributed by atoms with E-state index in [2.05, 4.69) is 5.32 Å². The van der Waals surface area contributed by atoms with Crippen molar-refractivity contribution >= 4 is 27.5 Å². The summed E-state index contributed by atoms with van der Waals surface area (Å²) in [5.74, 6) is -1.18. The molecule has 0 aromatic heterocycles. The Morgan fingerprint density at radius 2 is 1.68 bits per heavy atom.